The number of nitrogens with two attached hydrogens (primary N) is 1. The summed E-state index contributed by atoms with van der Waals surface area (Å²) < 4.78 is 0. The molecule has 0 atom stereocenters. The van der Waals surface area contributed by atoms with Gasteiger partial charge in [0.1, 0.15) is 0 Å². The fourth-order valence-corrected chi connectivity index (χ4v) is 2.24. The number of hydrogen-bond donors (Lipinski definition) is 2. The van der Waals surface area contributed by atoms with E-state index in [1.54, 1.807) is 12.1 Å². The van der Waals surface area contributed by atoms with E-state index in [0.717, 1.165) is 18.2 Å². The van der Waals surface area contributed by atoms with Crippen LogP contribution in [0.5, 0.6) is 0 Å². The number of nitrogens with one attached hydrogen (secondary N) is 1. The third-order valence-corrected chi connectivity index (χ3v) is 3.91. The minimum atomic E-state index is 0.503. The molecule has 16 heavy (non-hydrogen) atoms. The third-order valence-electron chi connectivity index (χ3n) is 3.19. The van der Waals surface area contributed by atoms with Crippen molar-refractivity contribution in [1.82, 2.24) is 0 Å². The van der Waals surface area contributed by atoms with Crippen molar-refractivity contribution in [2.45, 2.75) is 25.7 Å². The van der Waals surface area contributed by atoms with Crippen LogP contribution in [0.3, 0.4) is 0 Å². The molecule has 1 aliphatic carbocycles. The fraction of sp³-hybridized carbons (Fsp3) is 0.500. The molecule has 0 bridgehead atoms. The highest BCUT2D eigenvalue weighted by Crippen LogP contribution is 2.32. The molecular weight excluding hydrogens is 243 g/mol. The van der Waals surface area contributed by atoms with Crippen molar-refractivity contribution in [3.8, 4) is 0 Å². The van der Waals surface area contributed by atoms with Gasteiger partial charge >= 0.3 is 0 Å². The fourth-order valence-electron chi connectivity index (χ4n) is 1.91. The average Bonchev–Trinajstić information content (AvgIpc) is 2.17. The molecule has 1 fully saturated rings. The van der Waals surface area contributed by atoms with Crippen molar-refractivity contribution in [3.05, 3.63) is 22.2 Å². The Kier molecular flexibility index (Phi) is 3.82. The van der Waals surface area contributed by atoms with E-state index < -0.39 is 0 Å². The summed E-state index contributed by atoms with van der Waals surface area (Å²) in [6.45, 7) is 0.951. The molecule has 0 aliphatic heterocycles. The SMILES string of the molecule is Nc1cc(Cl)c(Cl)cc1NCCC1CCC1. The summed E-state index contributed by atoms with van der Waals surface area (Å²) in [5.74, 6) is 0.900. The van der Waals surface area contributed by atoms with Crippen LogP contribution in [-0.2, 0) is 0 Å². The summed E-state index contributed by atoms with van der Waals surface area (Å²) in [6, 6.07) is 3.48. The lowest BCUT2D eigenvalue weighted by molar-refractivity contribution is 0.303. The zero-order valence-electron chi connectivity index (χ0n) is 9.10. The van der Waals surface area contributed by atoms with Gasteiger partial charge in [-0.05, 0) is 24.5 Å². The van der Waals surface area contributed by atoms with E-state index in [4.69, 9.17) is 28.9 Å². The van der Waals surface area contributed by atoms with E-state index in [0.29, 0.717) is 15.7 Å². The Morgan fingerprint density at radius 3 is 2.56 bits per heavy atom. The van der Waals surface area contributed by atoms with Gasteiger partial charge < -0.3 is 11.1 Å². The summed E-state index contributed by atoms with van der Waals surface area (Å²) in [6.07, 6.45) is 5.34. The second-order valence-corrected chi connectivity index (χ2v) is 5.18. The Labute approximate surface area is 106 Å². The van der Waals surface area contributed by atoms with Gasteiger partial charge in [0.05, 0.1) is 21.4 Å². The summed E-state index contributed by atoms with van der Waals surface area (Å²) >= 11 is 11.8. The molecule has 1 saturated carbocycles. The Morgan fingerprint density at radius 2 is 1.94 bits per heavy atom. The lowest BCUT2D eigenvalue weighted by atomic mass is 9.83. The first-order chi connectivity index (χ1) is 7.66. The van der Waals surface area contributed by atoms with Gasteiger partial charge in [0.15, 0.2) is 0 Å². The van der Waals surface area contributed by atoms with Crippen LogP contribution in [-0.4, -0.2) is 6.54 Å². The molecule has 2 rings (SSSR count). The second-order valence-electron chi connectivity index (χ2n) is 4.37. The molecular formula is C12H16Cl2N2. The Bertz CT molecular complexity index is 376. The van der Waals surface area contributed by atoms with Gasteiger partial charge in [-0.3, -0.25) is 0 Å². The summed E-state index contributed by atoms with van der Waals surface area (Å²) in [5.41, 5.74) is 7.39. The van der Waals surface area contributed by atoms with Gasteiger partial charge in [-0.25, -0.2) is 0 Å². The van der Waals surface area contributed by atoms with Gasteiger partial charge in [0.25, 0.3) is 0 Å². The first-order valence-corrected chi connectivity index (χ1v) is 6.41. The molecule has 1 aromatic carbocycles. The van der Waals surface area contributed by atoms with Crippen molar-refractivity contribution >= 4 is 34.6 Å². The standard InChI is InChI=1S/C12H16Cl2N2/c13-9-6-11(15)12(7-10(9)14)16-5-4-8-2-1-3-8/h6-8,16H,1-5,15H2. The summed E-state index contributed by atoms with van der Waals surface area (Å²) in [5, 5.41) is 4.36. The van der Waals surface area contributed by atoms with Crippen molar-refractivity contribution < 1.29 is 0 Å². The zero-order chi connectivity index (χ0) is 11.5. The lowest BCUT2D eigenvalue weighted by Crippen LogP contribution is -2.16. The molecule has 3 N–H and O–H groups in total. The van der Waals surface area contributed by atoms with Crippen LogP contribution in [0, 0.1) is 5.92 Å². The molecule has 1 aliphatic rings. The maximum absolute atomic E-state index is 5.94. The predicted octanol–water partition coefficient (Wildman–Crippen LogP) is 4.18. The molecule has 4 heteroatoms. The van der Waals surface area contributed by atoms with E-state index >= 15 is 0 Å². The van der Waals surface area contributed by atoms with E-state index in [2.05, 4.69) is 5.32 Å². The highest BCUT2D eigenvalue weighted by molar-refractivity contribution is 6.42. The topological polar surface area (TPSA) is 38.0 Å². The third kappa shape index (κ3) is 2.74. The van der Waals surface area contributed by atoms with Crippen LogP contribution in [0.2, 0.25) is 10.0 Å². The number of halogens is 2. The monoisotopic (exact) mass is 258 g/mol. The molecule has 0 amide bonds. The molecule has 0 unspecified atom stereocenters. The van der Waals surface area contributed by atoms with Gasteiger partial charge in [-0.15, -0.1) is 0 Å². The van der Waals surface area contributed by atoms with Crippen LogP contribution in [0.4, 0.5) is 11.4 Å². The smallest absolute Gasteiger partial charge is 0.0614 e. The Morgan fingerprint density at radius 1 is 1.25 bits per heavy atom. The first kappa shape index (κ1) is 11.9. The minimum Gasteiger partial charge on any atom is -0.397 e. The van der Waals surface area contributed by atoms with E-state index in [1.165, 1.54) is 25.7 Å². The quantitative estimate of drug-likeness (QED) is 0.796. The molecule has 0 saturated heterocycles. The number of benzene rings is 1. The van der Waals surface area contributed by atoms with Crippen LogP contribution in [0.15, 0.2) is 12.1 Å². The molecule has 0 heterocycles. The minimum absolute atomic E-state index is 0.503. The average molecular weight is 259 g/mol. The number of hydrogen-bond acceptors (Lipinski definition) is 2. The summed E-state index contributed by atoms with van der Waals surface area (Å²) in [7, 11) is 0. The van der Waals surface area contributed by atoms with Gasteiger partial charge in [-0.2, -0.15) is 0 Å². The van der Waals surface area contributed by atoms with Crippen molar-refractivity contribution in [1.29, 1.82) is 0 Å². The maximum atomic E-state index is 5.94. The van der Waals surface area contributed by atoms with Crippen LogP contribution in [0.25, 0.3) is 0 Å². The van der Waals surface area contributed by atoms with Gasteiger partial charge in [-0.1, -0.05) is 42.5 Å². The number of nitrogen functional groups attached to an aromatic ring is 1. The van der Waals surface area contributed by atoms with E-state index in [1.807, 2.05) is 0 Å². The molecule has 1 aromatic rings. The molecule has 0 aromatic heterocycles. The zero-order valence-corrected chi connectivity index (χ0v) is 10.6. The Balaban J connectivity index is 1.90. The molecule has 0 spiro atoms. The van der Waals surface area contributed by atoms with Gasteiger partial charge in [0.2, 0.25) is 0 Å². The summed E-state index contributed by atoms with van der Waals surface area (Å²) in [4.78, 5) is 0. The van der Waals surface area contributed by atoms with E-state index in [-0.39, 0.29) is 0 Å². The van der Waals surface area contributed by atoms with Crippen LogP contribution >= 0.6 is 23.2 Å². The first-order valence-electron chi connectivity index (χ1n) is 5.65. The van der Waals surface area contributed by atoms with E-state index in [9.17, 15) is 0 Å². The van der Waals surface area contributed by atoms with Crippen LogP contribution < -0.4 is 11.1 Å². The van der Waals surface area contributed by atoms with Crippen molar-refractivity contribution in [2.24, 2.45) is 5.92 Å². The van der Waals surface area contributed by atoms with Crippen molar-refractivity contribution in [3.63, 3.8) is 0 Å². The molecule has 88 valence electrons. The predicted molar refractivity (Wildman–Crippen MR) is 71.3 cm³/mol. The second kappa shape index (κ2) is 5.15. The molecule has 0 radical (unpaired) electrons. The van der Waals surface area contributed by atoms with Gasteiger partial charge in [0, 0.05) is 6.54 Å². The Hall–Kier alpha value is -0.600. The van der Waals surface area contributed by atoms with Crippen molar-refractivity contribution in [2.75, 3.05) is 17.6 Å². The molecule has 2 nitrogen and oxygen atoms in total. The highest BCUT2D eigenvalue weighted by Gasteiger charge is 2.16. The highest BCUT2D eigenvalue weighted by atomic mass is 35.5. The van der Waals surface area contributed by atoms with Crippen LogP contribution in [0.1, 0.15) is 25.7 Å². The number of rotatable bonds is 4. The lowest BCUT2D eigenvalue weighted by Gasteiger charge is -2.25. The largest absolute Gasteiger partial charge is 0.397 e. The normalized spacial score (nSPS) is 15.9. The maximum Gasteiger partial charge on any atom is 0.0614 e. The number of anilines is 2.